The van der Waals surface area contributed by atoms with E-state index in [1.165, 1.54) is 19.1 Å². The molecule has 0 aliphatic carbocycles. The maximum atomic E-state index is 11.6. The van der Waals surface area contributed by atoms with Gasteiger partial charge in [-0.25, -0.2) is 0 Å². The Kier molecular flexibility index (Phi) is 4.08. The summed E-state index contributed by atoms with van der Waals surface area (Å²) in [5, 5.41) is 14.6. The fourth-order valence-corrected chi connectivity index (χ4v) is 1.97. The molecule has 2 aromatic rings. The lowest BCUT2D eigenvalue weighted by Crippen LogP contribution is -2.06. The van der Waals surface area contributed by atoms with Gasteiger partial charge in [0, 0.05) is 10.5 Å². The van der Waals surface area contributed by atoms with Gasteiger partial charge in [0.2, 0.25) is 18.0 Å². The number of ether oxygens (including phenoxy) is 1. The zero-order valence-electron chi connectivity index (χ0n) is 10.2. The van der Waals surface area contributed by atoms with Crippen molar-refractivity contribution in [2.75, 3.05) is 0 Å². The molecule has 1 heterocycles. The summed E-state index contributed by atoms with van der Waals surface area (Å²) in [6, 6.07) is 2.72. The van der Waals surface area contributed by atoms with E-state index in [-0.39, 0.29) is 35.2 Å². The number of rotatable bonds is 5. The van der Waals surface area contributed by atoms with Crippen molar-refractivity contribution in [1.29, 1.82) is 0 Å². The van der Waals surface area contributed by atoms with Gasteiger partial charge in [0.15, 0.2) is 12.4 Å². The van der Waals surface area contributed by atoms with Gasteiger partial charge in [-0.05, 0) is 13.0 Å². The van der Waals surface area contributed by atoms with Crippen LogP contribution >= 0.6 is 15.9 Å². The number of hydrogen-bond acceptors (Lipinski definition) is 7. The Labute approximate surface area is 121 Å². The molecular formula is C11H8BrN3O5. The zero-order valence-corrected chi connectivity index (χ0v) is 11.8. The van der Waals surface area contributed by atoms with E-state index in [9.17, 15) is 14.9 Å². The van der Waals surface area contributed by atoms with E-state index in [2.05, 4.69) is 30.6 Å². The predicted molar refractivity (Wildman–Crippen MR) is 69.4 cm³/mol. The Bertz CT molecular complexity index is 621. The summed E-state index contributed by atoms with van der Waals surface area (Å²) in [7, 11) is 0. The molecule has 8 nitrogen and oxygen atoms in total. The molecule has 0 bridgehead atoms. The van der Waals surface area contributed by atoms with Gasteiger partial charge in [-0.3, -0.25) is 14.9 Å². The van der Waals surface area contributed by atoms with Gasteiger partial charge in [-0.15, -0.1) is 0 Å². The summed E-state index contributed by atoms with van der Waals surface area (Å²) in [6.07, 6.45) is 1.11. The fourth-order valence-electron chi connectivity index (χ4n) is 1.52. The first-order chi connectivity index (χ1) is 9.49. The molecule has 0 spiro atoms. The van der Waals surface area contributed by atoms with Gasteiger partial charge in [0.1, 0.15) is 0 Å². The number of benzene rings is 1. The van der Waals surface area contributed by atoms with E-state index in [1.807, 2.05) is 0 Å². The lowest BCUT2D eigenvalue weighted by Gasteiger charge is -2.09. The Morgan fingerprint density at radius 2 is 2.30 bits per heavy atom. The van der Waals surface area contributed by atoms with Crippen LogP contribution in [0.3, 0.4) is 0 Å². The summed E-state index contributed by atoms with van der Waals surface area (Å²) in [4.78, 5) is 25.7. The highest BCUT2D eigenvalue weighted by atomic mass is 79.9. The molecule has 0 aliphatic rings. The van der Waals surface area contributed by atoms with E-state index in [0.29, 0.717) is 4.47 Å². The summed E-state index contributed by atoms with van der Waals surface area (Å²) in [5.74, 6) is -0.246. The molecule has 0 fully saturated rings. The minimum absolute atomic E-state index is 0.106. The lowest BCUT2D eigenvalue weighted by atomic mass is 10.1. The molecular weight excluding hydrogens is 334 g/mol. The topological polar surface area (TPSA) is 108 Å². The van der Waals surface area contributed by atoms with Crippen LogP contribution in [0.5, 0.6) is 5.75 Å². The third kappa shape index (κ3) is 2.99. The summed E-state index contributed by atoms with van der Waals surface area (Å²) in [5.41, 5.74) is -0.206. The average Bonchev–Trinajstić information content (AvgIpc) is 2.89. The first-order valence-electron chi connectivity index (χ1n) is 5.36. The SMILES string of the molecule is CC(=O)c1cc(Br)cc([N+](=O)[O-])c1OCc1ncon1. The van der Waals surface area contributed by atoms with E-state index >= 15 is 0 Å². The minimum Gasteiger partial charge on any atom is -0.478 e. The molecule has 0 unspecified atom stereocenters. The van der Waals surface area contributed by atoms with Crippen LogP contribution in [0.1, 0.15) is 23.1 Å². The summed E-state index contributed by atoms with van der Waals surface area (Å²) >= 11 is 3.12. The molecule has 20 heavy (non-hydrogen) atoms. The number of hydrogen-bond donors (Lipinski definition) is 0. The van der Waals surface area contributed by atoms with E-state index < -0.39 is 4.92 Å². The van der Waals surface area contributed by atoms with Crippen molar-refractivity contribution < 1.29 is 19.0 Å². The van der Waals surface area contributed by atoms with Crippen molar-refractivity contribution in [2.45, 2.75) is 13.5 Å². The number of carbonyl (C=O) groups excluding carboxylic acids is 1. The highest BCUT2D eigenvalue weighted by molar-refractivity contribution is 9.10. The number of halogens is 1. The number of ketones is 1. The highest BCUT2D eigenvalue weighted by Gasteiger charge is 2.23. The largest absolute Gasteiger partial charge is 0.478 e. The quantitative estimate of drug-likeness (QED) is 0.466. The molecule has 1 aromatic heterocycles. The number of nitro benzene ring substituents is 1. The molecule has 104 valence electrons. The third-order valence-corrected chi connectivity index (χ3v) is 2.82. The van der Waals surface area contributed by atoms with Gasteiger partial charge in [0.05, 0.1) is 10.5 Å². The molecule has 2 rings (SSSR count). The average molecular weight is 342 g/mol. The molecule has 0 atom stereocenters. The minimum atomic E-state index is -0.622. The van der Waals surface area contributed by atoms with Crippen molar-refractivity contribution in [3.63, 3.8) is 0 Å². The van der Waals surface area contributed by atoms with Crippen LogP contribution in [-0.2, 0) is 6.61 Å². The second-order valence-electron chi connectivity index (χ2n) is 3.75. The summed E-state index contributed by atoms with van der Waals surface area (Å²) in [6.45, 7) is 1.16. The van der Waals surface area contributed by atoms with Crippen molar-refractivity contribution in [3.05, 3.63) is 44.5 Å². The van der Waals surface area contributed by atoms with Gasteiger partial charge >= 0.3 is 5.69 Å². The van der Waals surface area contributed by atoms with Gasteiger partial charge in [0.25, 0.3) is 0 Å². The van der Waals surface area contributed by atoms with Gasteiger partial charge in [-0.2, -0.15) is 4.98 Å². The van der Waals surface area contributed by atoms with Crippen LogP contribution in [0.15, 0.2) is 27.5 Å². The second kappa shape index (κ2) is 5.78. The van der Waals surface area contributed by atoms with E-state index in [0.717, 1.165) is 6.39 Å². The first kappa shape index (κ1) is 14.1. The van der Waals surface area contributed by atoms with Crippen molar-refractivity contribution >= 4 is 27.4 Å². The van der Waals surface area contributed by atoms with Crippen LogP contribution in [0.4, 0.5) is 5.69 Å². The third-order valence-electron chi connectivity index (χ3n) is 2.36. The Balaban J connectivity index is 2.42. The number of Topliss-reactive ketones (excluding diaryl/α,β-unsaturated/α-hetero) is 1. The standard InChI is InChI=1S/C11H8BrN3O5/c1-6(16)8-2-7(12)3-9(15(17)18)11(8)19-4-10-13-5-20-14-10/h2-3,5H,4H2,1H3. The molecule has 0 N–H and O–H groups in total. The zero-order chi connectivity index (χ0) is 14.7. The van der Waals surface area contributed by atoms with Crippen LogP contribution in [0.25, 0.3) is 0 Å². The van der Waals surface area contributed by atoms with Crippen LogP contribution < -0.4 is 4.74 Å². The maximum Gasteiger partial charge on any atom is 0.312 e. The Morgan fingerprint density at radius 1 is 1.55 bits per heavy atom. The Hall–Kier alpha value is -2.29. The number of nitrogens with zero attached hydrogens (tertiary/aromatic N) is 3. The van der Waals surface area contributed by atoms with Crippen LogP contribution in [0, 0.1) is 10.1 Å². The number of nitro groups is 1. The first-order valence-corrected chi connectivity index (χ1v) is 6.15. The monoisotopic (exact) mass is 341 g/mol. The molecule has 9 heteroatoms. The lowest BCUT2D eigenvalue weighted by molar-refractivity contribution is -0.386. The number of carbonyl (C=O) groups is 1. The predicted octanol–water partition coefficient (Wildman–Crippen LogP) is 2.52. The summed E-state index contributed by atoms with van der Waals surface area (Å²) < 4.78 is 10.3. The van der Waals surface area contributed by atoms with Crippen molar-refractivity contribution in [1.82, 2.24) is 10.1 Å². The van der Waals surface area contributed by atoms with Gasteiger partial charge < -0.3 is 9.26 Å². The van der Waals surface area contributed by atoms with E-state index in [1.54, 1.807) is 0 Å². The maximum absolute atomic E-state index is 11.6. The fraction of sp³-hybridized carbons (Fsp3) is 0.182. The molecule has 0 amide bonds. The molecule has 0 radical (unpaired) electrons. The number of aromatic nitrogens is 2. The van der Waals surface area contributed by atoms with Gasteiger partial charge in [-0.1, -0.05) is 21.1 Å². The second-order valence-corrected chi connectivity index (χ2v) is 4.67. The molecule has 1 aromatic carbocycles. The molecule has 0 aliphatic heterocycles. The highest BCUT2D eigenvalue weighted by Crippen LogP contribution is 2.35. The smallest absolute Gasteiger partial charge is 0.312 e. The van der Waals surface area contributed by atoms with Crippen LogP contribution in [0.2, 0.25) is 0 Å². The van der Waals surface area contributed by atoms with Crippen molar-refractivity contribution in [3.8, 4) is 5.75 Å². The normalized spacial score (nSPS) is 10.3. The Morgan fingerprint density at radius 3 is 2.85 bits per heavy atom. The van der Waals surface area contributed by atoms with Crippen LogP contribution in [-0.4, -0.2) is 20.8 Å². The van der Waals surface area contributed by atoms with E-state index in [4.69, 9.17) is 4.74 Å². The van der Waals surface area contributed by atoms with Crippen molar-refractivity contribution in [2.24, 2.45) is 0 Å². The molecule has 0 saturated heterocycles. The molecule has 0 saturated carbocycles.